The maximum Gasteiger partial charge on any atom is 0.355 e. The average molecular weight is 205 g/mol. The summed E-state index contributed by atoms with van der Waals surface area (Å²) in [5.74, 6) is -0.107. The number of hydrogen-bond acceptors (Lipinski definition) is 2. The summed E-state index contributed by atoms with van der Waals surface area (Å²) < 4.78 is 5.69. The fourth-order valence-corrected chi connectivity index (χ4v) is 1.86. The van der Waals surface area contributed by atoms with Crippen molar-refractivity contribution in [2.24, 2.45) is 0 Å². The fraction of sp³-hybridized carbons (Fsp3) is 0.417. The molecule has 0 aromatic heterocycles. The summed E-state index contributed by atoms with van der Waals surface area (Å²) in [5.41, 5.74) is 1.21. The Labute approximate surface area is 88.7 Å². The van der Waals surface area contributed by atoms with Gasteiger partial charge in [-0.25, -0.2) is 9.90 Å². The van der Waals surface area contributed by atoms with Crippen LogP contribution in [-0.2, 0) is 16.3 Å². The third-order valence-electron chi connectivity index (χ3n) is 2.67. The van der Waals surface area contributed by atoms with Crippen LogP contribution >= 0.6 is 0 Å². The molecule has 0 aliphatic carbocycles. The van der Waals surface area contributed by atoms with Crippen LogP contribution in [0.4, 0.5) is 0 Å². The van der Waals surface area contributed by atoms with Crippen molar-refractivity contribution >= 4 is 5.97 Å². The predicted molar refractivity (Wildman–Crippen MR) is 54.1 cm³/mol. The molecule has 1 aliphatic rings. The van der Waals surface area contributed by atoms with E-state index in [0.717, 1.165) is 18.6 Å². The maximum atomic E-state index is 10.3. The monoisotopic (exact) mass is 205 g/mol. The minimum Gasteiger partial charge on any atom is -0.490 e. The Morgan fingerprint density at radius 3 is 3.00 bits per heavy atom. The smallest absolute Gasteiger partial charge is 0.355 e. The van der Waals surface area contributed by atoms with Crippen molar-refractivity contribution in [2.45, 2.75) is 31.8 Å². The highest BCUT2D eigenvalue weighted by molar-refractivity contribution is 5.66. The maximum absolute atomic E-state index is 10.3. The normalized spacial score (nSPS) is 19.1. The first-order chi connectivity index (χ1) is 7.25. The molecular weight excluding hydrogens is 192 g/mol. The zero-order chi connectivity index (χ0) is 10.7. The number of ether oxygens (including phenoxy) is 1. The minimum absolute atomic E-state index is 0.0257. The van der Waals surface area contributed by atoms with Gasteiger partial charge in [0.1, 0.15) is 5.75 Å². The number of rotatable bonds is 3. The quantitative estimate of drug-likeness (QED) is 0.758. The Morgan fingerprint density at radius 1 is 1.40 bits per heavy atom. The molecule has 2 rings (SSSR count). The molecule has 0 bridgehead atoms. The van der Waals surface area contributed by atoms with Crippen LogP contribution < -0.4 is 4.74 Å². The van der Waals surface area contributed by atoms with Crippen LogP contribution in [0.25, 0.3) is 0 Å². The average Bonchev–Trinajstić information content (AvgIpc) is 2.26. The van der Waals surface area contributed by atoms with Crippen LogP contribution in [0.3, 0.4) is 0 Å². The van der Waals surface area contributed by atoms with Gasteiger partial charge in [0.25, 0.3) is 0 Å². The van der Waals surface area contributed by atoms with Gasteiger partial charge in [-0.3, -0.25) is 0 Å². The largest absolute Gasteiger partial charge is 0.490 e. The molecule has 0 amide bonds. The van der Waals surface area contributed by atoms with Crippen LogP contribution in [0.5, 0.6) is 5.75 Å². The van der Waals surface area contributed by atoms with E-state index in [0.29, 0.717) is 6.42 Å². The first-order valence-corrected chi connectivity index (χ1v) is 5.20. The van der Waals surface area contributed by atoms with Crippen molar-refractivity contribution < 1.29 is 14.6 Å². The molecule has 0 fully saturated rings. The Kier molecular flexibility index (Phi) is 2.90. The first kappa shape index (κ1) is 10.0. The Balaban J connectivity index is 1.96. The van der Waals surface area contributed by atoms with Crippen LogP contribution in [0, 0.1) is 0 Å². The second kappa shape index (κ2) is 4.34. The standard InChI is InChI=1S/C12H13O3/c13-12(14)8-7-10-6-5-9-3-1-2-4-11(9)15-10/h1-4,10H,5-8H2. The van der Waals surface area contributed by atoms with E-state index in [1.54, 1.807) is 0 Å². The molecule has 1 aliphatic heterocycles. The predicted octanol–water partition coefficient (Wildman–Crippen LogP) is 2.12. The molecule has 1 heterocycles. The van der Waals surface area contributed by atoms with Crippen molar-refractivity contribution in [3.05, 3.63) is 29.8 Å². The molecule has 0 saturated carbocycles. The van der Waals surface area contributed by atoms with E-state index >= 15 is 0 Å². The zero-order valence-electron chi connectivity index (χ0n) is 8.44. The summed E-state index contributed by atoms with van der Waals surface area (Å²) in [5, 5.41) is 10.3. The zero-order valence-corrected chi connectivity index (χ0v) is 8.44. The van der Waals surface area contributed by atoms with Gasteiger partial charge < -0.3 is 4.74 Å². The van der Waals surface area contributed by atoms with Gasteiger partial charge >= 0.3 is 5.97 Å². The van der Waals surface area contributed by atoms with E-state index in [9.17, 15) is 9.90 Å². The molecule has 3 nitrogen and oxygen atoms in total. The number of hydrogen-bond donors (Lipinski definition) is 0. The number of aryl methyl sites for hydroxylation is 1. The van der Waals surface area contributed by atoms with E-state index in [1.807, 2.05) is 24.3 Å². The SMILES string of the molecule is [O]C(=O)CCC1CCc2ccccc2O1. The minimum atomic E-state index is -1.00. The molecule has 3 heteroatoms. The second-order valence-corrected chi connectivity index (χ2v) is 3.80. The number of fused-ring (bicyclic) bond motifs is 1. The molecule has 1 unspecified atom stereocenters. The van der Waals surface area contributed by atoms with Crippen molar-refractivity contribution in [2.75, 3.05) is 0 Å². The number of para-hydroxylation sites is 1. The number of carbonyl (C=O) groups excluding carboxylic acids is 1. The van der Waals surface area contributed by atoms with Gasteiger partial charge in [-0.15, -0.1) is 0 Å². The van der Waals surface area contributed by atoms with Gasteiger partial charge in [0.15, 0.2) is 0 Å². The lowest BCUT2D eigenvalue weighted by molar-refractivity contribution is -0.143. The van der Waals surface area contributed by atoms with Gasteiger partial charge in [-0.1, -0.05) is 18.2 Å². The third kappa shape index (κ3) is 2.49. The summed E-state index contributed by atoms with van der Waals surface area (Å²) in [4.78, 5) is 10.3. The molecule has 0 saturated heterocycles. The highest BCUT2D eigenvalue weighted by Gasteiger charge is 2.19. The van der Waals surface area contributed by atoms with E-state index in [-0.39, 0.29) is 12.5 Å². The Morgan fingerprint density at radius 2 is 2.20 bits per heavy atom. The van der Waals surface area contributed by atoms with Crippen LogP contribution in [0.15, 0.2) is 24.3 Å². The lowest BCUT2D eigenvalue weighted by Gasteiger charge is -2.25. The lowest BCUT2D eigenvalue weighted by atomic mass is 10.00. The first-order valence-electron chi connectivity index (χ1n) is 5.20. The molecule has 0 spiro atoms. The molecule has 79 valence electrons. The number of benzene rings is 1. The second-order valence-electron chi connectivity index (χ2n) is 3.80. The summed E-state index contributed by atoms with van der Waals surface area (Å²) in [6.07, 6.45) is 2.50. The summed E-state index contributed by atoms with van der Waals surface area (Å²) in [7, 11) is 0. The highest BCUT2D eigenvalue weighted by Crippen LogP contribution is 2.28. The molecule has 1 aromatic carbocycles. The molecule has 15 heavy (non-hydrogen) atoms. The van der Waals surface area contributed by atoms with Gasteiger partial charge in [-0.05, 0) is 30.9 Å². The van der Waals surface area contributed by atoms with Crippen LogP contribution in [0.1, 0.15) is 24.8 Å². The van der Waals surface area contributed by atoms with Crippen LogP contribution in [-0.4, -0.2) is 12.1 Å². The van der Waals surface area contributed by atoms with Crippen molar-refractivity contribution in [1.82, 2.24) is 0 Å². The molecule has 0 N–H and O–H groups in total. The fourth-order valence-electron chi connectivity index (χ4n) is 1.86. The topological polar surface area (TPSA) is 46.2 Å². The Hall–Kier alpha value is -1.51. The molecular formula is C12H13O3. The third-order valence-corrected chi connectivity index (χ3v) is 2.67. The highest BCUT2D eigenvalue weighted by atomic mass is 16.5. The summed E-state index contributed by atoms with van der Waals surface area (Å²) in [6, 6.07) is 7.90. The summed E-state index contributed by atoms with van der Waals surface area (Å²) in [6.45, 7) is 0. The van der Waals surface area contributed by atoms with Gasteiger partial charge in [-0.2, -0.15) is 0 Å². The van der Waals surface area contributed by atoms with Gasteiger partial charge in [0, 0.05) is 0 Å². The van der Waals surface area contributed by atoms with Crippen LogP contribution in [0.2, 0.25) is 0 Å². The molecule has 1 aromatic rings. The molecule has 1 radical (unpaired) electrons. The van der Waals surface area contributed by atoms with Gasteiger partial charge in [0.05, 0.1) is 12.5 Å². The van der Waals surface area contributed by atoms with E-state index in [4.69, 9.17) is 4.74 Å². The number of carbonyl (C=O) groups is 1. The molecule has 1 atom stereocenters. The van der Waals surface area contributed by atoms with Gasteiger partial charge in [0.2, 0.25) is 0 Å². The Bertz CT molecular complexity index is 360. The van der Waals surface area contributed by atoms with Crippen molar-refractivity contribution in [3.8, 4) is 5.75 Å². The van der Waals surface area contributed by atoms with E-state index < -0.39 is 5.97 Å². The van der Waals surface area contributed by atoms with E-state index in [2.05, 4.69) is 0 Å². The lowest BCUT2D eigenvalue weighted by Crippen LogP contribution is -2.23. The van der Waals surface area contributed by atoms with E-state index in [1.165, 1.54) is 5.56 Å². The summed E-state index contributed by atoms with van der Waals surface area (Å²) >= 11 is 0. The van der Waals surface area contributed by atoms with Crippen molar-refractivity contribution in [1.29, 1.82) is 0 Å². The van der Waals surface area contributed by atoms with Crippen molar-refractivity contribution in [3.63, 3.8) is 0 Å².